The third-order valence-electron chi connectivity index (χ3n) is 1.96. The molecule has 0 bridgehead atoms. The normalized spacial score (nSPS) is 15.0. The van der Waals surface area contributed by atoms with Gasteiger partial charge < -0.3 is 15.3 Å². The molecule has 6 heteroatoms. The Hall–Kier alpha value is -0.750. The molecule has 0 spiro atoms. The number of hydrogen-bond acceptors (Lipinski definition) is 4. The molecule has 0 saturated heterocycles. The zero-order valence-electron chi connectivity index (χ0n) is 7.77. The van der Waals surface area contributed by atoms with Gasteiger partial charge in [-0.1, -0.05) is 11.6 Å². The van der Waals surface area contributed by atoms with Crippen LogP contribution < -0.4 is 0 Å². The van der Waals surface area contributed by atoms with E-state index in [0.29, 0.717) is 0 Å². The summed E-state index contributed by atoms with van der Waals surface area (Å²) in [6.07, 6.45) is -1.47. The second-order valence-corrected chi connectivity index (χ2v) is 3.46. The molecule has 0 radical (unpaired) electrons. The minimum atomic E-state index is -1.33. The summed E-state index contributed by atoms with van der Waals surface area (Å²) in [5, 5.41) is 27.6. The van der Waals surface area contributed by atoms with Gasteiger partial charge in [0.2, 0.25) is 5.95 Å². The van der Waals surface area contributed by atoms with Gasteiger partial charge in [-0.05, 0) is 6.42 Å². The third-order valence-corrected chi connectivity index (χ3v) is 2.28. The smallest absolute Gasteiger partial charge is 0.213 e. The number of aliphatic hydroxyl groups excluding tert-OH is 3. The molecule has 0 aromatic carbocycles. The topological polar surface area (TPSA) is 73.6 Å². The molecule has 0 saturated carbocycles. The van der Waals surface area contributed by atoms with Gasteiger partial charge in [0.05, 0.1) is 11.1 Å². The van der Waals surface area contributed by atoms with Crippen molar-refractivity contribution in [3.8, 4) is 0 Å². The number of halogens is 2. The van der Waals surface area contributed by atoms with Crippen LogP contribution in [0.5, 0.6) is 0 Å². The summed E-state index contributed by atoms with van der Waals surface area (Å²) in [7, 11) is 0. The first kappa shape index (κ1) is 12.3. The Morgan fingerprint density at radius 2 is 2.13 bits per heavy atom. The van der Waals surface area contributed by atoms with Crippen molar-refractivity contribution < 1.29 is 19.7 Å². The van der Waals surface area contributed by atoms with Gasteiger partial charge in [0, 0.05) is 24.4 Å². The highest BCUT2D eigenvalue weighted by molar-refractivity contribution is 6.31. The van der Waals surface area contributed by atoms with E-state index < -0.39 is 18.2 Å². The summed E-state index contributed by atoms with van der Waals surface area (Å²) < 4.78 is 12.7. The molecule has 1 rings (SSSR count). The van der Waals surface area contributed by atoms with E-state index in [9.17, 15) is 14.6 Å². The summed E-state index contributed by atoms with van der Waals surface area (Å²) in [6, 6.07) is 0.952. The predicted octanol–water partition coefficient (Wildman–Crippen LogP) is 0.651. The van der Waals surface area contributed by atoms with E-state index in [4.69, 9.17) is 16.7 Å². The van der Waals surface area contributed by atoms with Crippen molar-refractivity contribution in [1.82, 2.24) is 4.98 Å². The molecule has 0 aliphatic rings. The van der Waals surface area contributed by atoms with Crippen molar-refractivity contribution in [3.05, 3.63) is 28.8 Å². The highest BCUT2D eigenvalue weighted by Gasteiger charge is 2.21. The molecule has 4 nitrogen and oxygen atoms in total. The first-order valence-corrected chi connectivity index (χ1v) is 4.72. The molecule has 3 N–H and O–H groups in total. The van der Waals surface area contributed by atoms with E-state index >= 15 is 0 Å². The average Bonchev–Trinajstić information content (AvgIpc) is 2.21. The standard InChI is InChI=1S/C9H11ClFNO3/c10-6-4-12-8(11)3-5(6)9(15)7(14)1-2-13/h3-4,7,9,13-15H,1-2H2. The van der Waals surface area contributed by atoms with E-state index in [1.807, 2.05) is 0 Å². The van der Waals surface area contributed by atoms with E-state index in [-0.39, 0.29) is 23.6 Å². The summed E-state index contributed by atoms with van der Waals surface area (Å²) in [5.41, 5.74) is 0.0603. The summed E-state index contributed by atoms with van der Waals surface area (Å²) in [4.78, 5) is 3.29. The van der Waals surface area contributed by atoms with Crippen molar-refractivity contribution in [3.63, 3.8) is 0 Å². The molecule has 1 aromatic rings. The lowest BCUT2D eigenvalue weighted by Gasteiger charge is -2.17. The Bertz CT molecular complexity index is 337. The van der Waals surface area contributed by atoms with E-state index in [2.05, 4.69) is 4.98 Å². The van der Waals surface area contributed by atoms with Gasteiger partial charge in [0.1, 0.15) is 6.10 Å². The Balaban J connectivity index is 2.89. The maximum atomic E-state index is 12.7. The molecular formula is C9H11ClFNO3. The molecular weight excluding hydrogens is 225 g/mol. The van der Waals surface area contributed by atoms with Crippen LogP contribution in [0, 0.1) is 5.95 Å². The first-order chi connectivity index (χ1) is 7.06. The lowest BCUT2D eigenvalue weighted by atomic mass is 10.0. The van der Waals surface area contributed by atoms with Crippen LogP contribution in [0.1, 0.15) is 18.1 Å². The predicted molar refractivity (Wildman–Crippen MR) is 51.9 cm³/mol. The van der Waals surface area contributed by atoms with Crippen LogP contribution in [0.15, 0.2) is 12.3 Å². The molecule has 1 aromatic heterocycles. The Morgan fingerprint density at radius 3 is 2.73 bits per heavy atom. The number of aliphatic hydroxyl groups is 3. The third kappa shape index (κ3) is 3.10. The fourth-order valence-electron chi connectivity index (χ4n) is 1.15. The van der Waals surface area contributed by atoms with Gasteiger partial charge in [0.15, 0.2) is 0 Å². The molecule has 1 heterocycles. The molecule has 84 valence electrons. The minimum absolute atomic E-state index is 0.0125. The van der Waals surface area contributed by atoms with Crippen molar-refractivity contribution in [1.29, 1.82) is 0 Å². The molecule has 0 amide bonds. The fraction of sp³-hybridized carbons (Fsp3) is 0.444. The monoisotopic (exact) mass is 235 g/mol. The molecule has 2 unspecified atom stereocenters. The van der Waals surface area contributed by atoms with Crippen molar-refractivity contribution in [2.75, 3.05) is 6.61 Å². The average molecular weight is 236 g/mol. The second kappa shape index (κ2) is 5.37. The summed E-state index contributed by atoms with van der Waals surface area (Å²) in [5.74, 6) is -0.787. The largest absolute Gasteiger partial charge is 0.396 e. The van der Waals surface area contributed by atoms with E-state index in [1.54, 1.807) is 0 Å². The number of pyridine rings is 1. The lowest BCUT2D eigenvalue weighted by molar-refractivity contribution is 0.00406. The zero-order valence-corrected chi connectivity index (χ0v) is 8.52. The number of rotatable bonds is 4. The van der Waals surface area contributed by atoms with Gasteiger partial charge in [0.25, 0.3) is 0 Å². The lowest BCUT2D eigenvalue weighted by Crippen LogP contribution is -2.20. The molecule has 0 aliphatic carbocycles. The molecule has 0 fully saturated rings. The Morgan fingerprint density at radius 1 is 1.47 bits per heavy atom. The van der Waals surface area contributed by atoms with Crippen molar-refractivity contribution >= 4 is 11.6 Å². The highest BCUT2D eigenvalue weighted by atomic mass is 35.5. The number of hydrogen-bond donors (Lipinski definition) is 3. The van der Waals surface area contributed by atoms with Gasteiger partial charge in [-0.15, -0.1) is 0 Å². The van der Waals surface area contributed by atoms with Crippen molar-refractivity contribution in [2.24, 2.45) is 0 Å². The number of nitrogens with zero attached hydrogens (tertiary/aromatic N) is 1. The van der Waals surface area contributed by atoms with Gasteiger partial charge in [-0.3, -0.25) is 0 Å². The van der Waals surface area contributed by atoms with Crippen LogP contribution in [0.25, 0.3) is 0 Å². The fourth-order valence-corrected chi connectivity index (χ4v) is 1.37. The van der Waals surface area contributed by atoms with Crippen LogP contribution in [0.2, 0.25) is 5.02 Å². The molecule has 0 aliphatic heterocycles. The number of aromatic nitrogens is 1. The Kier molecular flexibility index (Phi) is 4.41. The SMILES string of the molecule is OCCC(O)C(O)c1cc(F)ncc1Cl. The molecule has 2 atom stereocenters. The van der Waals surface area contributed by atoms with Crippen LogP contribution >= 0.6 is 11.6 Å². The van der Waals surface area contributed by atoms with Gasteiger partial charge >= 0.3 is 0 Å². The van der Waals surface area contributed by atoms with E-state index in [0.717, 1.165) is 12.3 Å². The van der Waals surface area contributed by atoms with E-state index in [1.165, 1.54) is 0 Å². The quantitative estimate of drug-likeness (QED) is 0.670. The van der Waals surface area contributed by atoms with Crippen molar-refractivity contribution in [2.45, 2.75) is 18.6 Å². The zero-order chi connectivity index (χ0) is 11.4. The van der Waals surface area contributed by atoms with Crippen LogP contribution in [0.3, 0.4) is 0 Å². The minimum Gasteiger partial charge on any atom is -0.396 e. The summed E-state index contributed by atoms with van der Waals surface area (Å²) in [6.45, 7) is -0.274. The molecule has 15 heavy (non-hydrogen) atoms. The highest BCUT2D eigenvalue weighted by Crippen LogP contribution is 2.26. The van der Waals surface area contributed by atoms with Crippen LogP contribution in [-0.4, -0.2) is 33.0 Å². The van der Waals surface area contributed by atoms with Crippen LogP contribution in [0.4, 0.5) is 4.39 Å². The van der Waals surface area contributed by atoms with Gasteiger partial charge in [-0.25, -0.2) is 4.98 Å². The maximum Gasteiger partial charge on any atom is 0.213 e. The first-order valence-electron chi connectivity index (χ1n) is 4.34. The second-order valence-electron chi connectivity index (χ2n) is 3.05. The Labute approximate surface area is 91.0 Å². The van der Waals surface area contributed by atoms with Gasteiger partial charge in [-0.2, -0.15) is 4.39 Å². The van der Waals surface area contributed by atoms with Crippen LogP contribution in [-0.2, 0) is 0 Å². The summed E-state index contributed by atoms with van der Waals surface area (Å²) >= 11 is 5.67. The maximum absolute atomic E-state index is 12.7.